The summed E-state index contributed by atoms with van der Waals surface area (Å²) in [6.45, 7) is 0.573. The first-order valence-corrected chi connectivity index (χ1v) is 8.97. The van der Waals surface area contributed by atoms with Crippen LogP contribution < -0.4 is 10.6 Å². The van der Waals surface area contributed by atoms with Crippen molar-refractivity contribution in [2.45, 2.75) is 30.2 Å². The molecule has 1 heterocycles. The van der Waals surface area contributed by atoms with E-state index in [9.17, 15) is 18.0 Å². The van der Waals surface area contributed by atoms with Crippen molar-refractivity contribution in [3.63, 3.8) is 0 Å². The van der Waals surface area contributed by atoms with Crippen LogP contribution in [0.5, 0.6) is 0 Å². The molecule has 2 rings (SSSR count). The molecule has 6 nitrogen and oxygen atoms in total. The summed E-state index contributed by atoms with van der Waals surface area (Å²) in [5.41, 5.74) is 0. The lowest BCUT2D eigenvalue weighted by Crippen LogP contribution is -2.47. The Labute approximate surface area is 134 Å². The monoisotopic (exact) mass is 344 g/mol. The lowest BCUT2D eigenvalue weighted by Gasteiger charge is -2.15. The number of sulfone groups is 1. The molecule has 120 valence electrons. The zero-order valence-corrected chi connectivity index (χ0v) is 13.4. The summed E-state index contributed by atoms with van der Waals surface area (Å²) in [5, 5.41) is 5.23. The average Bonchev–Trinajstić information content (AvgIpc) is 2.64. The topological polar surface area (TPSA) is 92.3 Å². The maximum absolute atomic E-state index is 12.2. The van der Waals surface area contributed by atoms with Crippen LogP contribution in [0, 0.1) is 0 Å². The minimum absolute atomic E-state index is 0.0718. The maximum atomic E-state index is 12.2. The van der Waals surface area contributed by atoms with E-state index in [1.165, 1.54) is 18.2 Å². The van der Waals surface area contributed by atoms with Gasteiger partial charge in [-0.05, 0) is 31.4 Å². The molecule has 0 aromatic heterocycles. The quantitative estimate of drug-likeness (QED) is 0.848. The smallest absolute Gasteiger partial charge is 0.242 e. The third kappa shape index (κ3) is 4.20. The Hall–Kier alpha value is -1.60. The summed E-state index contributed by atoms with van der Waals surface area (Å²) in [5.74, 6) is -1.72. The number of hydrogen-bond acceptors (Lipinski definition) is 4. The Morgan fingerprint density at radius 3 is 2.77 bits per heavy atom. The molecule has 0 unspecified atom stereocenters. The molecule has 1 atom stereocenters. The van der Waals surface area contributed by atoms with E-state index < -0.39 is 27.5 Å². The number of hydrogen-bond donors (Lipinski definition) is 2. The van der Waals surface area contributed by atoms with E-state index in [0.717, 1.165) is 12.8 Å². The third-order valence-corrected chi connectivity index (χ3v) is 5.47. The summed E-state index contributed by atoms with van der Waals surface area (Å²) in [6, 6.07) is 5.26. The molecule has 0 saturated carbocycles. The lowest BCUT2D eigenvalue weighted by molar-refractivity contribution is -0.127. The van der Waals surface area contributed by atoms with Crippen LogP contribution in [0.1, 0.15) is 19.3 Å². The highest BCUT2D eigenvalue weighted by Gasteiger charge is 2.26. The van der Waals surface area contributed by atoms with Crippen LogP contribution >= 0.6 is 11.6 Å². The van der Waals surface area contributed by atoms with E-state index in [0.29, 0.717) is 13.0 Å². The van der Waals surface area contributed by atoms with Crippen LogP contribution in [0.3, 0.4) is 0 Å². The summed E-state index contributed by atoms with van der Waals surface area (Å²) in [6.07, 6.45) is 2.14. The molecule has 0 spiro atoms. The first-order valence-electron chi connectivity index (χ1n) is 6.94. The van der Waals surface area contributed by atoms with E-state index in [1.807, 2.05) is 0 Å². The number of carbonyl (C=O) groups is 2. The van der Waals surface area contributed by atoms with Crippen molar-refractivity contribution in [2.24, 2.45) is 0 Å². The highest BCUT2D eigenvalue weighted by atomic mass is 35.5. The molecule has 0 aliphatic carbocycles. The van der Waals surface area contributed by atoms with Gasteiger partial charge in [-0.25, -0.2) is 8.42 Å². The summed E-state index contributed by atoms with van der Waals surface area (Å²) < 4.78 is 24.4. The molecular weight excluding hydrogens is 328 g/mol. The number of carbonyl (C=O) groups excluding carboxylic acids is 2. The first kappa shape index (κ1) is 16.8. The second-order valence-electron chi connectivity index (χ2n) is 5.10. The van der Waals surface area contributed by atoms with Crippen molar-refractivity contribution in [2.75, 3.05) is 12.3 Å². The molecular formula is C14H17ClN2O4S. The van der Waals surface area contributed by atoms with Crippen LogP contribution in [0.2, 0.25) is 5.02 Å². The van der Waals surface area contributed by atoms with E-state index >= 15 is 0 Å². The van der Waals surface area contributed by atoms with Gasteiger partial charge in [-0.1, -0.05) is 23.7 Å². The molecule has 0 radical (unpaired) electrons. The first-order chi connectivity index (χ1) is 10.4. The molecule has 8 heteroatoms. The van der Waals surface area contributed by atoms with Gasteiger partial charge in [-0.3, -0.25) is 9.59 Å². The molecule has 1 aliphatic rings. The Morgan fingerprint density at radius 1 is 1.32 bits per heavy atom. The third-order valence-electron chi connectivity index (χ3n) is 3.36. The predicted octanol–water partition coefficient (Wildman–Crippen LogP) is 0.899. The summed E-state index contributed by atoms with van der Waals surface area (Å²) >= 11 is 5.85. The van der Waals surface area contributed by atoms with Gasteiger partial charge in [0.15, 0.2) is 9.84 Å². The standard InChI is InChI=1S/C14H17ClN2O4S/c15-10-5-1-2-7-12(10)22(20,21)9-13(18)17-11-6-3-4-8-16-14(11)19/h1-2,5,7,11H,3-4,6,8-9H2,(H,16,19)(H,17,18)/t11-/m0/s1. The van der Waals surface area contributed by atoms with Gasteiger partial charge in [0.1, 0.15) is 11.8 Å². The Bertz CT molecular complexity index is 675. The second kappa shape index (κ2) is 7.11. The van der Waals surface area contributed by atoms with E-state index in [2.05, 4.69) is 10.6 Å². The minimum Gasteiger partial charge on any atom is -0.354 e. The van der Waals surface area contributed by atoms with Gasteiger partial charge in [0, 0.05) is 6.54 Å². The highest BCUT2D eigenvalue weighted by Crippen LogP contribution is 2.21. The summed E-state index contributed by atoms with van der Waals surface area (Å²) in [7, 11) is -3.84. The molecule has 1 fully saturated rings. The second-order valence-corrected chi connectivity index (χ2v) is 7.46. The lowest BCUT2D eigenvalue weighted by atomic mass is 10.1. The van der Waals surface area contributed by atoms with E-state index in [-0.39, 0.29) is 15.8 Å². The van der Waals surface area contributed by atoms with Crippen LogP contribution in [-0.4, -0.2) is 38.6 Å². The van der Waals surface area contributed by atoms with Crippen molar-refractivity contribution in [1.29, 1.82) is 0 Å². The fourth-order valence-corrected chi connectivity index (χ4v) is 3.98. The van der Waals surface area contributed by atoms with Gasteiger partial charge >= 0.3 is 0 Å². The van der Waals surface area contributed by atoms with Crippen molar-refractivity contribution in [1.82, 2.24) is 10.6 Å². The largest absolute Gasteiger partial charge is 0.354 e. The molecule has 2 N–H and O–H groups in total. The van der Waals surface area contributed by atoms with E-state index in [4.69, 9.17) is 11.6 Å². The number of nitrogens with one attached hydrogen (secondary N) is 2. The summed E-state index contributed by atoms with van der Waals surface area (Å²) in [4.78, 5) is 23.6. The van der Waals surface area contributed by atoms with Gasteiger partial charge in [0.2, 0.25) is 11.8 Å². The minimum atomic E-state index is -3.84. The fourth-order valence-electron chi connectivity index (χ4n) is 2.26. The Morgan fingerprint density at radius 2 is 2.05 bits per heavy atom. The number of benzene rings is 1. The van der Waals surface area contributed by atoms with Gasteiger partial charge in [-0.2, -0.15) is 0 Å². The molecule has 1 saturated heterocycles. The molecule has 1 aliphatic heterocycles. The van der Waals surface area contributed by atoms with Crippen LogP contribution in [0.25, 0.3) is 0 Å². The molecule has 0 bridgehead atoms. The Balaban J connectivity index is 2.05. The highest BCUT2D eigenvalue weighted by molar-refractivity contribution is 7.92. The molecule has 1 aromatic rings. The fraction of sp³-hybridized carbons (Fsp3) is 0.429. The van der Waals surface area contributed by atoms with Gasteiger partial charge in [0.25, 0.3) is 0 Å². The van der Waals surface area contributed by atoms with Crippen molar-refractivity contribution >= 4 is 33.3 Å². The van der Waals surface area contributed by atoms with Crippen LogP contribution in [-0.2, 0) is 19.4 Å². The van der Waals surface area contributed by atoms with Gasteiger partial charge in [0.05, 0.1) is 9.92 Å². The molecule has 2 amide bonds. The number of amides is 2. The molecule has 1 aromatic carbocycles. The van der Waals surface area contributed by atoms with Gasteiger partial charge < -0.3 is 10.6 Å². The van der Waals surface area contributed by atoms with Gasteiger partial charge in [-0.15, -0.1) is 0 Å². The van der Waals surface area contributed by atoms with Crippen LogP contribution in [0.4, 0.5) is 0 Å². The Kier molecular flexibility index (Phi) is 5.42. The molecule has 22 heavy (non-hydrogen) atoms. The van der Waals surface area contributed by atoms with Crippen molar-refractivity contribution in [3.05, 3.63) is 29.3 Å². The number of rotatable bonds is 4. The number of halogens is 1. The normalized spacial score (nSPS) is 19.1. The maximum Gasteiger partial charge on any atom is 0.242 e. The SMILES string of the molecule is O=C(CS(=O)(=O)c1ccccc1Cl)N[C@H]1CCCCNC1=O. The van der Waals surface area contributed by atoms with E-state index in [1.54, 1.807) is 6.07 Å². The zero-order chi connectivity index (χ0) is 16.2. The average molecular weight is 345 g/mol. The van der Waals surface area contributed by atoms with Crippen molar-refractivity contribution in [3.8, 4) is 0 Å². The van der Waals surface area contributed by atoms with Crippen molar-refractivity contribution < 1.29 is 18.0 Å². The predicted molar refractivity (Wildman–Crippen MR) is 82.3 cm³/mol. The van der Waals surface area contributed by atoms with Crippen LogP contribution in [0.15, 0.2) is 29.2 Å². The zero-order valence-electron chi connectivity index (χ0n) is 11.8.